The van der Waals surface area contributed by atoms with Crippen LogP contribution in [0.3, 0.4) is 0 Å². The van der Waals surface area contributed by atoms with Crippen LogP contribution < -0.4 is 9.46 Å². The second-order valence-electron chi connectivity index (χ2n) is 5.72. The van der Waals surface area contributed by atoms with Crippen LogP contribution in [0.15, 0.2) is 53.4 Å². The van der Waals surface area contributed by atoms with Crippen molar-refractivity contribution in [3.63, 3.8) is 0 Å². The van der Waals surface area contributed by atoms with Gasteiger partial charge in [-0.25, -0.2) is 13.1 Å². The van der Waals surface area contributed by atoms with E-state index in [1.165, 1.54) is 0 Å². The Kier molecular flexibility index (Phi) is 5.80. The van der Waals surface area contributed by atoms with Crippen LogP contribution in [0, 0.1) is 6.92 Å². The van der Waals surface area contributed by atoms with Crippen LogP contribution in [0.2, 0.25) is 0 Å². The average Bonchev–Trinajstić information content (AvgIpc) is 2.53. The number of nitrogens with one attached hydrogen (secondary N) is 1. The monoisotopic (exact) mass is 333 g/mol. The number of hydrogen-bond donors (Lipinski definition) is 1. The highest BCUT2D eigenvalue weighted by molar-refractivity contribution is 7.89. The second-order valence-corrected chi connectivity index (χ2v) is 7.44. The van der Waals surface area contributed by atoms with Crippen LogP contribution in [0.4, 0.5) is 0 Å². The summed E-state index contributed by atoms with van der Waals surface area (Å²) in [7, 11) is -1.83. The fourth-order valence-electron chi connectivity index (χ4n) is 2.28. The van der Waals surface area contributed by atoms with Gasteiger partial charge in [-0.3, -0.25) is 0 Å². The normalized spacial score (nSPS) is 12.8. The number of sulfonamides is 1. The van der Waals surface area contributed by atoms with Crippen LogP contribution in [0.25, 0.3) is 0 Å². The summed E-state index contributed by atoms with van der Waals surface area (Å²) in [5.74, 6) is 0.821. The molecule has 0 aliphatic heterocycles. The van der Waals surface area contributed by atoms with Crippen LogP contribution in [-0.2, 0) is 16.4 Å². The van der Waals surface area contributed by atoms with Crippen molar-refractivity contribution in [2.24, 2.45) is 0 Å². The maximum Gasteiger partial charge on any atom is 0.240 e. The Hall–Kier alpha value is -1.85. The molecule has 0 aliphatic rings. The molecule has 2 aromatic rings. The summed E-state index contributed by atoms with van der Waals surface area (Å²) in [6.07, 6.45) is 1.54. The Bertz CT molecular complexity index is 722. The van der Waals surface area contributed by atoms with E-state index in [9.17, 15) is 8.42 Å². The molecule has 0 amide bonds. The highest BCUT2D eigenvalue weighted by Crippen LogP contribution is 2.15. The van der Waals surface area contributed by atoms with Gasteiger partial charge in [0.25, 0.3) is 0 Å². The molecule has 0 saturated carbocycles. The minimum atomic E-state index is -3.46. The molecule has 0 radical (unpaired) electrons. The van der Waals surface area contributed by atoms with Gasteiger partial charge in [-0.05, 0) is 56.5 Å². The van der Waals surface area contributed by atoms with E-state index in [1.807, 2.05) is 38.1 Å². The third-order valence-corrected chi connectivity index (χ3v) is 5.32. The zero-order valence-corrected chi connectivity index (χ0v) is 14.6. The molecule has 0 bridgehead atoms. The predicted octanol–water partition coefficient (Wildman–Crippen LogP) is 3.30. The van der Waals surface area contributed by atoms with Crippen molar-refractivity contribution in [2.75, 3.05) is 7.11 Å². The highest BCUT2D eigenvalue weighted by atomic mass is 32.2. The smallest absolute Gasteiger partial charge is 0.240 e. The molecule has 0 saturated heterocycles. The van der Waals surface area contributed by atoms with Crippen molar-refractivity contribution in [1.82, 2.24) is 4.72 Å². The van der Waals surface area contributed by atoms with Crippen molar-refractivity contribution in [1.29, 1.82) is 0 Å². The number of ether oxygens (including phenoxy) is 1. The lowest BCUT2D eigenvalue weighted by molar-refractivity contribution is 0.414. The van der Waals surface area contributed by atoms with E-state index >= 15 is 0 Å². The van der Waals surface area contributed by atoms with Crippen molar-refractivity contribution in [3.05, 3.63) is 59.7 Å². The van der Waals surface area contributed by atoms with Gasteiger partial charge in [-0.15, -0.1) is 0 Å². The number of aryl methyl sites for hydroxylation is 2. The Morgan fingerprint density at radius 1 is 1.04 bits per heavy atom. The van der Waals surface area contributed by atoms with Crippen LogP contribution in [-0.4, -0.2) is 21.6 Å². The first-order valence-electron chi connectivity index (χ1n) is 7.62. The van der Waals surface area contributed by atoms with Crippen molar-refractivity contribution in [3.8, 4) is 5.75 Å². The van der Waals surface area contributed by atoms with Gasteiger partial charge >= 0.3 is 0 Å². The van der Waals surface area contributed by atoms with E-state index < -0.39 is 10.0 Å². The predicted molar refractivity (Wildman–Crippen MR) is 92.3 cm³/mol. The fourth-order valence-corrected chi connectivity index (χ4v) is 3.56. The van der Waals surface area contributed by atoms with Gasteiger partial charge < -0.3 is 4.74 Å². The summed E-state index contributed by atoms with van der Waals surface area (Å²) in [5.41, 5.74) is 2.20. The molecule has 0 fully saturated rings. The molecule has 0 aromatic heterocycles. The van der Waals surface area contributed by atoms with E-state index in [1.54, 1.807) is 31.4 Å². The lowest BCUT2D eigenvalue weighted by Crippen LogP contribution is -2.32. The third-order valence-electron chi connectivity index (χ3n) is 3.71. The third kappa shape index (κ3) is 5.08. The van der Waals surface area contributed by atoms with E-state index in [4.69, 9.17) is 4.74 Å². The second kappa shape index (κ2) is 7.62. The lowest BCUT2D eigenvalue weighted by atomic mass is 10.1. The van der Waals surface area contributed by atoms with Gasteiger partial charge in [0.2, 0.25) is 10.0 Å². The van der Waals surface area contributed by atoms with Gasteiger partial charge in [0.1, 0.15) is 5.75 Å². The first kappa shape index (κ1) is 17.5. The topological polar surface area (TPSA) is 55.4 Å². The first-order chi connectivity index (χ1) is 10.9. The summed E-state index contributed by atoms with van der Waals surface area (Å²) < 4.78 is 32.5. The Morgan fingerprint density at radius 2 is 1.65 bits per heavy atom. The zero-order chi connectivity index (χ0) is 16.9. The minimum absolute atomic E-state index is 0.136. The lowest BCUT2D eigenvalue weighted by Gasteiger charge is -2.14. The average molecular weight is 333 g/mol. The standard InChI is InChI=1S/C18H23NO3S/c1-14-4-12-18(13-5-14)23(20,21)19-15(2)6-7-16-8-10-17(22-3)11-9-16/h4-5,8-13,15,19H,6-7H2,1-3H3. The summed E-state index contributed by atoms with van der Waals surface area (Å²) in [6, 6.07) is 14.6. The first-order valence-corrected chi connectivity index (χ1v) is 9.11. The number of hydrogen-bond acceptors (Lipinski definition) is 3. The van der Waals surface area contributed by atoms with Crippen LogP contribution in [0.1, 0.15) is 24.5 Å². The molecule has 2 rings (SSSR count). The summed E-state index contributed by atoms with van der Waals surface area (Å²) in [5, 5.41) is 0. The maximum absolute atomic E-state index is 12.3. The number of rotatable bonds is 7. The Balaban J connectivity index is 1.92. The van der Waals surface area contributed by atoms with E-state index in [2.05, 4.69) is 4.72 Å². The molecule has 1 N–H and O–H groups in total. The molecular weight excluding hydrogens is 310 g/mol. The number of benzene rings is 2. The van der Waals surface area contributed by atoms with Crippen molar-refractivity contribution >= 4 is 10.0 Å². The molecule has 0 aliphatic carbocycles. The number of methoxy groups -OCH3 is 1. The molecule has 23 heavy (non-hydrogen) atoms. The van der Waals surface area contributed by atoms with Gasteiger partial charge in [-0.2, -0.15) is 0 Å². The molecule has 0 spiro atoms. The molecule has 124 valence electrons. The van der Waals surface area contributed by atoms with E-state index in [0.29, 0.717) is 4.90 Å². The molecular formula is C18H23NO3S. The van der Waals surface area contributed by atoms with Gasteiger partial charge in [0.15, 0.2) is 0 Å². The van der Waals surface area contributed by atoms with Crippen molar-refractivity contribution < 1.29 is 13.2 Å². The van der Waals surface area contributed by atoms with Crippen LogP contribution in [0.5, 0.6) is 5.75 Å². The molecule has 1 atom stereocenters. The molecule has 1 unspecified atom stereocenters. The summed E-state index contributed by atoms with van der Waals surface area (Å²) in [4.78, 5) is 0.305. The minimum Gasteiger partial charge on any atom is -0.497 e. The summed E-state index contributed by atoms with van der Waals surface area (Å²) in [6.45, 7) is 3.82. The van der Waals surface area contributed by atoms with E-state index in [-0.39, 0.29) is 6.04 Å². The Morgan fingerprint density at radius 3 is 2.22 bits per heavy atom. The highest BCUT2D eigenvalue weighted by Gasteiger charge is 2.16. The zero-order valence-electron chi connectivity index (χ0n) is 13.7. The van der Waals surface area contributed by atoms with Crippen LogP contribution >= 0.6 is 0 Å². The SMILES string of the molecule is COc1ccc(CCC(C)NS(=O)(=O)c2ccc(C)cc2)cc1. The Labute approximate surface area is 138 Å². The fraction of sp³-hybridized carbons (Fsp3) is 0.333. The molecule has 4 nitrogen and oxygen atoms in total. The largest absolute Gasteiger partial charge is 0.497 e. The van der Waals surface area contributed by atoms with Gasteiger partial charge in [-0.1, -0.05) is 29.8 Å². The molecule has 2 aromatic carbocycles. The summed E-state index contributed by atoms with van der Waals surface area (Å²) >= 11 is 0. The molecule has 5 heteroatoms. The quantitative estimate of drug-likeness (QED) is 0.846. The van der Waals surface area contributed by atoms with Gasteiger partial charge in [0, 0.05) is 6.04 Å². The van der Waals surface area contributed by atoms with E-state index in [0.717, 1.165) is 29.7 Å². The maximum atomic E-state index is 12.3. The van der Waals surface area contributed by atoms with Crippen molar-refractivity contribution in [2.45, 2.75) is 37.6 Å². The van der Waals surface area contributed by atoms with Gasteiger partial charge in [0.05, 0.1) is 12.0 Å². The molecule has 0 heterocycles.